The summed E-state index contributed by atoms with van der Waals surface area (Å²) < 4.78 is 20.5. The maximum absolute atomic E-state index is 13.5. The van der Waals surface area contributed by atoms with Crippen molar-refractivity contribution >= 4 is 38.9 Å². The summed E-state index contributed by atoms with van der Waals surface area (Å²) >= 11 is 9.14. The molecule has 2 aromatic heterocycles. The van der Waals surface area contributed by atoms with Gasteiger partial charge in [-0.2, -0.15) is 0 Å². The van der Waals surface area contributed by atoms with E-state index >= 15 is 0 Å². The van der Waals surface area contributed by atoms with Crippen LogP contribution in [0.2, 0.25) is 0 Å². The van der Waals surface area contributed by atoms with Gasteiger partial charge in [-0.25, -0.2) is 4.39 Å². The molecule has 0 saturated carbocycles. The fraction of sp³-hybridized carbons (Fsp3) is 0.0833. The van der Waals surface area contributed by atoms with Gasteiger partial charge in [0, 0.05) is 21.9 Å². The van der Waals surface area contributed by atoms with Crippen LogP contribution in [0.25, 0.3) is 11.3 Å². The number of anilines is 1. The van der Waals surface area contributed by atoms with E-state index in [1.54, 1.807) is 12.3 Å². The third-order valence-electron chi connectivity index (χ3n) is 5.25. The number of halogens is 2. The molecule has 1 N–H and O–H groups in total. The fourth-order valence-electron chi connectivity index (χ4n) is 3.86. The number of aromatic nitrogens is 1. The molecule has 0 amide bonds. The van der Waals surface area contributed by atoms with Gasteiger partial charge in [-0.1, -0.05) is 24.3 Å². The predicted octanol–water partition coefficient (Wildman–Crippen LogP) is 6.42. The zero-order valence-electron chi connectivity index (χ0n) is 16.2. The summed E-state index contributed by atoms with van der Waals surface area (Å²) in [7, 11) is 0. The van der Waals surface area contributed by atoms with Crippen molar-refractivity contribution in [3.8, 4) is 11.3 Å². The maximum atomic E-state index is 13.5. The molecule has 3 heterocycles. The molecule has 0 spiro atoms. The normalized spacial score (nSPS) is 18.3. The summed E-state index contributed by atoms with van der Waals surface area (Å²) in [5.74, 6) is 1.07. The first-order valence-corrected chi connectivity index (χ1v) is 10.9. The second-order valence-electron chi connectivity index (χ2n) is 7.16. The third kappa shape index (κ3) is 3.75. The van der Waals surface area contributed by atoms with Gasteiger partial charge in [0.25, 0.3) is 0 Å². The van der Waals surface area contributed by atoms with Crippen LogP contribution in [-0.2, 0) is 0 Å². The second kappa shape index (κ2) is 8.24. The van der Waals surface area contributed by atoms with E-state index in [0.717, 1.165) is 22.7 Å². The van der Waals surface area contributed by atoms with Gasteiger partial charge in [0.05, 0.1) is 11.7 Å². The van der Waals surface area contributed by atoms with Gasteiger partial charge in [0.2, 0.25) is 0 Å². The Labute approximate surface area is 192 Å². The number of rotatable bonds is 4. The van der Waals surface area contributed by atoms with Gasteiger partial charge in [0.15, 0.2) is 5.11 Å². The summed E-state index contributed by atoms with van der Waals surface area (Å²) in [5.41, 5.74) is 2.61. The molecule has 1 aliphatic heterocycles. The van der Waals surface area contributed by atoms with Crippen LogP contribution in [0, 0.1) is 5.82 Å². The Balaban J connectivity index is 1.60. The van der Waals surface area contributed by atoms with Crippen LogP contribution in [0.4, 0.5) is 10.1 Å². The molecule has 0 unspecified atom stereocenters. The van der Waals surface area contributed by atoms with Crippen LogP contribution >= 0.6 is 28.1 Å². The monoisotopic (exact) mass is 493 g/mol. The first kappa shape index (κ1) is 19.9. The molecule has 7 heteroatoms. The number of benzene rings is 2. The van der Waals surface area contributed by atoms with Crippen LogP contribution in [0.3, 0.4) is 0 Å². The highest BCUT2D eigenvalue weighted by molar-refractivity contribution is 9.10. The van der Waals surface area contributed by atoms with Crippen molar-refractivity contribution in [3.63, 3.8) is 0 Å². The van der Waals surface area contributed by atoms with Crippen molar-refractivity contribution < 1.29 is 8.81 Å². The maximum Gasteiger partial charge on any atom is 0.174 e. The zero-order chi connectivity index (χ0) is 21.4. The van der Waals surface area contributed by atoms with Crippen molar-refractivity contribution in [3.05, 3.63) is 107 Å². The molecule has 1 aliphatic rings. The highest BCUT2D eigenvalue weighted by Gasteiger charge is 2.42. The molecule has 0 bridgehead atoms. The van der Waals surface area contributed by atoms with Crippen LogP contribution in [0.15, 0.2) is 93.9 Å². The number of furan rings is 1. The van der Waals surface area contributed by atoms with Crippen molar-refractivity contribution in [1.29, 1.82) is 0 Å². The number of para-hydroxylation sites is 1. The molecular weight excluding hydrogens is 477 g/mol. The first-order valence-electron chi connectivity index (χ1n) is 9.72. The third-order valence-corrected chi connectivity index (χ3v) is 6.22. The second-order valence-corrected chi connectivity index (χ2v) is 8.40. The molecule has 1 saturated heterocycles. The van der Waals surface area contributed by atoms with E-state index in [4.69, 9.17) is 16.6 Å². The molecule has 0 radical (unpaired) electrons. The van der Waals surface area contributed by atoms with E-state index in [-0.39, 0.29) is 17.9 Å². The van der Waals surface area contributed by atoms with Crippen molar-refractivity contribution in [1.82, 2.24) is 10.3 Å². The van der Waals surface area contributed by atoms with Crippen molar-refractivity contribution in [2.75, 3.05) is 4.90 Å². The largest absolute Gasteiger partial charge is 0.459 e. The van der Waals surface area contributed by atoms with Gasteiger partial charge in [0.1, 0.15) is 23.4 Å². The van der Waals surface area contributed by atoms with Crippen LogP contribution in [-0.4, -0.2) is 10.1 Å². The van der Waals surface area contributed by atoms with E-state index in [2.05, 4.69) is 31.1 Å². The van der Waals surface area contributed by atoms with Gasteiger partial charge in [-0.05, 0) is 82.7 Å². The molecule has 154 valence electrons. The Bertz CT molecular complexity index is 1230. The minimum atomic E-state index is -0.307. The van der Waals surface area contributed by atoms with Gasteiger partial charge < -0.3 is 14.6 Å². The van der Waals surface area contributed by atoms with E-state index in [1.807, 2.05) is 60.7 Å². The summed E-state index contributed by atoms with van der Waals surface area (Å²) in [6.07, 6.45) is 1.77. The Morgan fingerprint density at radius 1 is 1.00 bits per heavy atom. The SMILES string of the molecule is Fc1ccc(-c2ccc([C@@H]3[C@H](c4ccccn4)NC(=S)N3c3ccccc3)o2)c(Br)c1. The molecular formula is C24H17BrFN3OS. The molecule has 5 rings (SSSR count). The fourth-order valence-corrected chi connectivity index (χ4v) is 4.75. The Hall–Kier alpha value is -3.03. The van der Waals surface area contributed by atoms with Crippen LogP contribution in [0.5, 0.6) is 0 Å². The number of nitrogens with zero attached hydrogens (tertiary/aromatic N) is 2. The number of hydrogen-bond donors (Lipinski definition) is 1. The van der Waals surface area contributed by atoms with Gasteiger partial charge >= 0.3 is 0 Å². The summed E-state index contributed by atoms with van der Waals surface area (Å²) in [4.78, 5) is 6.60. The average Bonchev–Trinajstić information content (AvgIpc) is 3.39. The van der Waals surface area contributed by atoms with E-state index in [1.165, 1.54) is 12.1 Å². The molecule has 0 aliphatic carbocycles. The van der Waals surface area contributed by atoms with E-state index < -0.39 is 0 Å². The molecule has 2 aromatic carbocycles. The lowest BCUT2D eigenvalue weighted by molar-refractivity contribution is 0.439. The molecule has 31 heavy (non-hydrogen) atoms. The van der Waals surface area contributed by atoms with Crippen LogP contribution in [0.1, 0.15) is 23.5 Å². The lowest BCUT2D eigenvalue weighted by Crippen LogP contribution is -2.29. The molecule has 4 nitrogen and oxygen atoms in total. The average molecular weight is 494 g/mol. The molecule has 4 aromatic rings. The molecule has 1 fully saturated rings. The summed E-state index contributed by atoms with van der Waals surface area (Å²) in [5, 5.41) is 4.02. The zero-order valence-corrected chi connectivity index (χ0v) is 18.6. The standard InChI is InChI=1S/C24H17BrFN3OS/c25-18-14-15(26)9-10-17(18)20-11-12-21(30-20)23-22(19-8-4-5-13-27-19)28-24(31)29(23)16-6-2-1-3-7-16/h1-14,22-23H,(H,28,31)/t22-,23+/m0/s1. The smallest absolute Gasteiger partial charge is 0.174 e. The van der Waals surface area contributed by atoms with Gasteiger partial charge in [-0.15, -0.1) is 0 Å². The van der Waals surface area contributed by atoms with Crippen LogP contribution < -0.4 is 10.2 Å². The topological polar surface area (TPSA) is 41.3 Å². The number of thiocarbonyl (C=S) groups is 1. The quantitative estimate of drug-likeness (QED) is 0.332. The van der Waals surface area contributed by atoms with Gasteiger partial charge in [-0.3, -0.25) is 4.98 Å². The lowest BCUT2D eigenvalue weighted by atomic mass is 10.0. The number of hydrogen-bond acceptors (Lipinski definition) is 3. The summed E-state index contributed by atoms with van der Waals surface area (Å²) in [6.45, 7) is 0. The molecule has 2 atom stereocenters. The highest BCUT2D eigenvalue weighted by atomic mass is 79.9. The minimum Gasteiger partial charge on any atom is -0.459 e. The van der Waals surface area contributed by atoms with Crippen molar-refractivity contribution in [2.45, 2.75) is 12.1 Å². The van der Waals surface area contributed by atoms with E-state index in [0.29, 0.717) is 15.3 Å². The Morgan fingerprint density at radius 3 is 2.55 bits per heavy atom. The number of nitrogens with one attached hydrogen (secondary N) is 1. The Kier molecular flexibility index (Phi) is 5.29. The Morgan fingerprint density at radius 2 is 1.81 bits per heavy atom. The minimum absolute atomic E-state index is 0.190. The highest BCUT2D eigenvalue weighted by Crippen LogP contribution is 2.43. The van der Waals surface area contributed by atoms with Crippen molar-refractivity contribution in [2.24, 2.45) is 0 Å². The summed E-state index contributed by atoms with van der Waals surface area (Å²) in [6, 6.07) is 23.7. The lowest BCUT2D eigenvalue weighted by Gasteiger charge is -2.26. The number of pyridine rings is 1. The first-order chi connectivity index (χ1) is 15.1. The predicted molar refractivity (Wildman–Crippen MR) is 126 cm³/mol. The van der Waals surface area contributed by atoms with E-state index in [9.17, 15) is 4.39 Å².